The van der Waals surface area contributed by atoms with Gasteiger partial charge in [-0.25, -0.2) is 4.98 Å². The Kier molecular flexibility index (Phi) is 6.02. The molecule has 1 fully saturated rings. The van der Waals surface area contributed by atoms with E-state index in [1.807, 2.05) is 31.2 Å². The van der Waals surface area contributed by atoms with E-state index in [-0.39, 0.29) is 11.2 Å². The Morgan fingerprint density at radius 3 is 2.76 bits per heavy atom. The van der Waals surface area contributed by atoms with Crippen LogP contribution in [0.15, 0.2) is 29.4 Å². The minimum atomic E-state index is -0.233. The summed E-state index contributed by atoms with van der Waals surface area (Å²) in [6.07, 6.45) is 4.73. The molecule has 3 unspecified atom stereocenters. The van der Waals surface area contributed by atoms with Crippen LogP contribution in [-0.4, -0.2) is 32.4 Å². The third-order valence-electron chi connectivity index (χ3n) is 4.67. The van der Waals surface area contributed by atoms with Crippen molar-refractivity contribution in [3.8, 4) is 11.4 Å². The first-order valence-corrected chi connectivity index (χ1v) is 9.94. The van der Waals surface area contributed by atoms with Gasteiger partial charge < -0.3 is 5.32 Å². The number of aromatic nitrogens is 3. The molecule has 3 rings (SSSR count). The number of thioether (sulfide) groups is 1. The van der Waals surface area contributed by atoms with Gasteiger partial charge in [0, 0.05) is 16.6 Å². The number of benzene rings is 1. The lowest BCUT2D eigenvalue weighted by Crippen LogP contribution is -2.44. The van der Waals surface area contributed by atoms with Crippen LogP contribution in [0.25, 0.3) is 11.4 Å². The van der Waals surface area contributed by atoms with E-state index in [1.165, 1.54) is 31.0 Å². The van der Waals surface area contributed by atoms with Gasteiger partial charge in [0.1, 0.15) is 0 Å². The lowest BCUT2D eigenvalue weighted by molar-refractivity contribution is -0.121. The molecule has 0 aliphatic heterocycles. The fourth-order valence-corrected chi connectivity index (χ4v) is 3.94. The number of rotatable bonds is 5. The number of nitrogens with zero attached hydrogens (tertiary/aromatic N) is 2. The average Bonchev–Trinajstić information content (AvgIpc) is 3.06. The molecule has 1 aromatic carbocycles. The molecule has 5 nitrogen and oxygen atoms in total. The van der Waals surface area contributed by atoms with Gasteiger partial charge in [-0.1, -0.05) is 43.1 Å². The van der Waals surface area contributed by atoms with Crippen LogP contribution in [0.2, 0.25) is 5.02 Å². The highest BCUT2D eigenvalue weighted by molar-refractivity contribution is 8.00. The van der Waals surface area contributed by atoms with Crippen molar-refractivity contribution in [1.82, 2.24) is 20.5 Å². The zero-order valence-electron chi connectivity index (χ0n) is 14.5. The fourth-order valence-electron chi connectivity index (χ4n) is 3.08. The summed E-state index contributed by atoms with van der Waals surface area (Å²) in [6, 6.07) is 7.69. The van der Waals surface area contributed by atoms with Crippen molar-refractivity contribution in [3.05, 3.63) is 29.3 Å². The maximum Gasteiger partial charge on any atom is 0.233 e. The second-order valence-corrected chi connectivity index (χ2v) is 8.35. The topological polar surface area (TPSA) is 70.7 Å². The van der Waals surface area contributed by atoms with Gasteiger partial charge in [0.2, 0.25) is 11.1 Å². The standard InChI is InChI=1S/C18H23ClN4OS/c1-11-5-3-4-6-15(11)20-17(24)12(2)25-18-21-16(22-23-18)13-7-9-14(19)10-8-13/h7-12,15H,3-6H2,1-2H3,(H,20,24)(H,21,22,23). The summed E-state index contributed by atoms with van der Waals surface area (Å²) >= 11 is 7.27. The van der Waals surface area contributed by atoms with E-state index < -0.39 is 0 Å². The highest BCUT2D eigenvalue weighted by Gasteiger charge is 2.25. The van der Waals surface area contributed by atoms with Crippen LogP contribution in [0.4, 0.5) is 0 Å². The first-order chi connectivity index (χ1) is 12.0. The van der Waals surface area contributed by atoms with Gasteiger partial charge in [-0.05, 0) is 49.9 Å². The predicted molar refractivity (Wildman–Crippen MR) is 102 cm³/mol. The van der Waals surface area contributed by atoms with Gasteiger partial charge in [-0.15, -0.1) is 5.10 Å². The van der Waals surface area contributed by atoms with E-state index >= 15 is 0 Å². The molecule has 0 spiro atoms. The molecule has 2 N–H and O–H groups in total. The first-order valence-electron chi connectivity index (χ1n) is 8.68. The van der Waals surface area contributed by atoms with E-state index in [2.05, 4.69) is 27.4 Å². The number of hydrogen-bond acceptors (Lipinski definition) is 4. The highest BCUT2D eigenvalue weighted by Crippen LogP contribution is 2.26. The summed E-state index contributed by atoms with van der Waals surface area (Å²) in [4.78, 5) is 16.9. The minimum Gasteiger partial charge on any atom is -0.352 e. The maximum atomic E-state index is 12.5. The largest absolute Gasteiger partial charge is 0.352 e. The second-order valence-electron chi connectivity index (χ2n) is 6.61. The molecule has 1 aliphatic rings. The SMILES string of the molecule is CC(Sc1n[nH]c(-c2ccc(Cl)cc2)n1)C(=O)NC1CCCCC1C. The van der Waals surface area contributed by atoms with Crippen molar-refractivity contribution in [1.29, 1.82) is 0 Å². The molecular weight excluding hydrogens is 356 g/mol. The van der Waals surface area contributed by atoms with Gasteiger partial charge >= 0.3 is 0 Å². The quantitative estimate of drug-likeness (QED) is 0.761. The molecule has 0 saturated heterocycles. The molecule has 7 heteroatoms. The van der Waals surface area contributed by atoms with Crippen molar-refractivity contribution >= 4 is 29.3 Å². The van der Waals surface area contributed by atoms with E-state index in [4.69, 9.17) is 11.6 Å². The fraction of sp³-hybridized carbons (Fsp3) is 0.500. The third-order valence-corrected chi connectivity index (χ3v) is 5.89. The Morgan fingerprint density at radius 1 is 1.32 bits per heavy atom. The summed E-state index contributed by atoms with van der Waals surface area (Å²) in [7, 11) is 0. The van der Waals surface area contributed by atoms with Crippen LogP contribution in [0.1, 0.15) is 39.5 Å². The predicted octanol–water partition coefficient (Wildman–Crippen LogP) is 4.30. The summed E-state index contributed by atoms with van der Waals surface area (Å²) in [5.41, 5.74) is 0.914. The lowest BCUT2D eigenvalue weighted by atomic mass is 9.86. The molecule has 1 amide bonds. The van der Waals surface area contributed by atoms with Crippen molar-refractivity contribution < 1.29 is 4.79 Å². The van der Waals surface area contributed by atoms with Crippen LogP contribution < -0.4 is 5.32 Å². The number of aromatic amines is 1. The minimum absolute atomic E-state index is 0.0570. The summed E-state index contributed by atoms with van der Waals surface area (Å²) in [5, 5.41) is 11.3. The molecule has 0 bridgehead atoms. The Bertz CT molecular complexity index is 718. The number of halogens is 1. The normalized spacial score (nSPS) is 21.7. The summed E-state index contributed by atoms with van der Waals surface area (Å²) < 4.78 is 0. The van der Waals surface area contributed by atoms with E-state index in [0.29, 0.717) is 28.0 Å². The van der Waals surface area contributed by atoms with Crippen LogP contribution >= 0.6 is 23.4 Å². The zero-order valence-corrected chi connectivity index (χ0v) is 16.0. The molecule has 0 radical (unpaired) electrons. The van der Waals surface area contributed by atoms with Crippen molar-refractivity contribution in [2.75, 3.05) is 0 Å². The molecule has 1 aliphatic carbocycles. The zero-order chi connectivity index (χ0) is 17.8. The molecule has 1 aromatic heterocycles. The van der Waals surface area contributed by atoms with Gasteiger partial charge in [-0.3, -0.25) is 9.89 Å². The molecule has 2 aromatic rings. The number of carbonyl (C=O) groups is 1. The molecule has 134 valence electrons. The van der Waals surface area contributed by atoms with Crippen molar-refractivity contribution in [2.45, 2.75) is 56.0 Å². The number of amides is 1. The maximum absolute atomic E-state index is 12.5. The molecule has 3 atom stereocenters. The van der Waals surface area contributed by atoms with E-state index in [9.17, 15) is 4.79 Å². The molecule has 1 heterocycles. The molecular formula is C18H23ClN4OS. The number of hydrogen-bond donors (Lipinski definition) is 2. The van der Waals surface area contributed by atoms with E-state index in [1.54, 1.807) is 0 Å². The lowest BCUT2D eigenvalue weighted by Gasteiger charge is -2.30. The molecule has 25 heavy (non-hydrogen) atoms. The van der Waals surface area contributed by atoms with Crippen LogP contribution in [0, 0.1) is 5.92 Å². The average molecular weight is 379 g/mol. The highest BCUT2D eigenvalue weighted by atomic mass is 35.5. The monoisotopic (exact) mass is 378 g/mol. The van der Waals surface area contributed by atoms with Crippen LogP contribution in [-0.2, 0) is 4.79 Å². The van der Waals surface area contributed by atoms with Crippen LogP contribution in [0.3, 0.4) is 0 Å². The van der Waals surface area contributed by atoms with Gasteiger partial charge in [0.25, 0.3) is 0 Å². The second kappa shape index (κ2) is 8.23. The number of H-pyrrole nitrogens is 1. The van der Waals surface area contributed by atoms with Gasteiger partial charge in [-0.2, -0.15) is 0 Å². The Labute approximate surface area is 157 Å². The molecule has 1 saturated carbocycles. The van der Waals surface area contributed by atoms with Crippen molar-refractivity contribution in [3.63, 3.8) is 0 Å². The summed E-state index contributed by atoms with van der Waals surface area (Å²) in [5.74, 6) is 1.28. The first kappa shape index (κ1) is 18.3. The van der Waals surface area contributed by atoms with Crippen LogP contribution in [0.5, 0.6) is 0 Å². The van der Waals surface area contributed by atoms with Gasteiger partial charge in [0.05, 0.1) is 5.25 Å². The Morgan fingerprint density at radius 2 is 2.04 bits per heavy atom. The number of nitrogens with one attached hydrogen (secondary N) is 2. The van der Waals surface area contributed by atoms with E-state index in [0.717, 1.165) is 12.0 Å². The summed E-state index contributed by atoms with van der Waals surface area (Å²) in [6.45, 7) is 4.11. The smallest absolute Gasteiger partial charge is 0.233 e. The third kappa shape index (κ3) is 4.76. The Balaban J connectivity index is 1.58. The van der Waals surface area contributed by atoms with Crippen molar-refractivity contribution in [2.24, 2.45) is 5.92 Å². The Hall–Kier alpha value is -1.53. The van der Waals surface area contributed by atoms with Gasteiger partial charge in [0.15, 0.2) is 5.82 Å². The number of carbonyl (C=O) groups excluding carboxylic acids is 1.